The maximum atomic E-state index is 10.4. The van der Waals surface area contributed by atoms with Crippen molar-refractivity contribution in [2.45, 2.75) is 37.9 Å². The number of hydrogen-bond acceptors (Lipinski definition) is 3. The summed E-state index contributed by atoms with van der Waals surface area (Å²) in [4.78, 5) is 0. The molecule has 3 heteroatoms. The van der Waals surface area contributed by atoms with Gasteiger partial charge in [0.15, 0.2) is 0 Å². The van der Waals surface area contributed by atoms with Crippen LogP contribution in [-0.2, 0) is 10.3 Å². The lowest BCUT2D eigenvalue weighted by molar-refractivity contribution is -0.155. The van der Waals surface area contributed by atoms with E-state index < -0.39 is 5.60 Å². The van der Waals surface area contributed by atoms with Crippen LogP contribution in [0.5, 0.6) is 0 Å². The Bertz CT molecular complexity index is 302. The molecule has 3 nitrogen and oxygen atoms in total. The predicted octanol–water partition coefficient (Wildman–Crippen LogP) is 2.06. The van der Waals surface area contributed by atoms with Crippen LogP contribution in [0.2, 0.25) is 0 Å². The Morgan fingerprint density at radius 3 is 2.79 bits per heavy atom. The lowest BCUT2D eigenvalue weighted by atomic mass is 9.82. The molecule has 1 unspecified atom stereocenters. The van der Waals surface area contributed by atoms with E-state index >= 15 is 0 Å². The molecule has 1 aliphatic rings. The maximum absolute atomic E-state index is 10.4. The monoisotopic (exact) mass is 196 g/mol. The van der Waals surface area contributed by atoms with E-state index in [-0.39, 0.29) is 5.60 Å². The van der Waals surface area contributed by atoms with Crippen LogP contribution in [0, 0.1) is 0 Å². The van der Waals surface area contributed by atoms with Gasteiger partial charge < -0.3 is 14.3 Å². The number of furan rings is 1. The third-order valence-electron chi connectivity index (χ3n) is 2.71. The van der Waals surface area contributed by atoms with Crippen molar-refractivity contribution < 1.29 is 14.3 Å². The van der Waals surface area contributed by atoms with Crippen molar-refractivity contribution in [3.8, 4) is 0 Å². The van der Waals surface area contributed by atoms with Crippen LogP contribution in [0.15, 0.2) is 22.8 Å². The summed E-state index contributed by atoms with van der Waals surface area (Å²) in [6.07, 6.45) is 2.77. The summed E-state index contributed by atoms with van der Waals surface area (Å²) in [5.74, 6) is 0.647. The van der Waals surface area contributed by atoms with Crippen LogP contribution in [0.25, 0.3) is 0 Å². The van der Waals surface area contributed by atoms with Crippen molar-refractivity contribution in [2.75, 3.05) is 6.61 Å². The SMILES string of the molecule is CC1(C)CC(O)(c2ccco2)CCO1. The fourth-order valence-electron chi connectivity index (χ4n) is 2.09. The highest BCUT2D eigenvalue weighted by Crippen LogP contribution is 2.39. The van der Waals surface area contributed by atoms with Gasteiger partial charge in [-0.05, 0) is 26.0 Å². The molecule has 0 saturated carbocycles. The second-order valence-corrected chi connectivity index (χ2v) is 4.54. The van der Waals surface area contributed by atoms with Gasteiger partial charge in [-0.3, -0.25) is 0 Å². The van der Waals surface area contributed by atoms with Crippen molar-refractivity contribution in [1.82, 2.24) is 0 Å². The van der Waals surface area contributed by atoms with E-state index in [0.717, 1.165) is 0 Å². The van der Waals surface area contributed by atoms with Gasteiger partial charge in [-0.25, -0.2) is 0 Å². The van der Waals surface area contributed by atoms with Gasteiger partial charge >= 0.3 is 0 Å². The highest BCUT2D eigenvalue weighted by atomic mass is 16.5. The molecule has 0 spiro atoms. The smallest absolute Gasteiger partial charge is 0.135 e. The molecule has 2 rings (SSSR count). The molecule has 1 atom stereocenters. The van der Waals surface area contributed by atoms with Gasteiger partial charge in [0, 0.05) is 12.8 Å². The molecule has 0 radical (unpaired) electrons. The Balaban J connectivity index is 2.24. The highest BCUT2D eigenvalue weighted by molar-refractivity contribution is 5.11. The van der Waals surface area contributed by atoms with E-state index in [2.05, 4.69) is 0 Å². The van der Waals surface area contributed by atoms with Crippen molar-refractivity contribution in [1.29, 1.82) is 0 Å². The minimum atomic E-state index is -0.856. The average Bonchev–Trinajstić information content (AvgIpc) is 2.52. The fraction of sp³-hybridized carbons (Fsp3) is 0.636. The molecule has 14 heavy (non-hydrogen) atoms. The lowest BCUT2D eigenvalue weighted by Crippen LogP contribution is -2.43. The van der Waals surface area contributed by atoms with E-state index in [1.54, 1.807) is 12.3 Å². The van der Waals surface area contributed by atoms with Gasteiger partial charge in [-0.2, -0.15) is 0 Å². The summed E-state index contributed by atoms with van der Waals surface area (Å²) < 4.78 is 10.8. The van der Waals surface area contributed by atoms with Crippen LogP contribution in [0.3, 0.4) is 0 Å². The summed E-state index contributed by atoms with van der Waals surface area (Å²) in [5.41, 5.74) is -1.13. The molecule has 1 aliphatic heterocycles. The first-order chi connectivity index (χ1) is 6.52. The standard InChI is InChI=1S/C11H16O3/c1-10(2)8-11(12,5-7-14-10)9-4-3-6-13-9/h3-4,6,12H,5,7-8H2,1-2H3. The van der Waals surface area contributed by atoms with E-state index in [1.807, 2.05) is 19.9 Å². The van der Waals surface area contributed by atoms with Crippen molar-refractivity contribution in [3.05, 3.63) is 24.2 Å². The predicted molar refractivity (Wildman–Crippen MR) is 51.9 cm³/mol. The summed E-state index contributed by atoms with van der Waals surface area (Å²) in [6, 6.07) is 3.62. The normalized spacial score (nSPS) is 31.6. The van der Waals surface area contributed by atoms with E-state index in [0.29, 0.717) is 25.2 Å². The van der Waals surface area contributed by atoms with Crippen molar-refractivity contribution in [2.24, 2.45) is 0 Å². The molecule has 0 bridgehead atoms. The molecule has 1 fully saturated rings. The minimum Gasteiger partial charge on any atom is -0.466 e. The van der Waals surface area contributed by atoms with Crippen molar-refractivity contribution >= 4 is 0 Å². The van der Waals surface area contributed by atoms with Gasteiger partial charge in [0.05, 0.1) is 18.5 Å². The third kappa shape index (κ3) is 1.70. The van der Waals surface area contributed by atoms with Crippen molar-refractivity contribution in [3.63, 3.8) is 0 Å². The summed E-state index contributed by atoms with van der Waals surface area (Å²) in [7, 11) is 0. The molecule has 1 aromatic heterocycles. The molecule has 0 aromatic carbocycles. The molecule has 2 heterocycles. The Hall–Kier alpha value is -0.800. The van der Waals surface area contributed by atoms with E-state index in [1.165, 1.54) is 0 Å². The number of ether oxygens (including phenoxy) is 1. The number of aliphatic hydroxyl groups is 1. The first-order valence-electron chi connectivity index (χ1n) is 4.92. The Kier molecular flexibility index (Phi) is 2.16. The van der Waals surface area contributed by atoms with Crippen LogP contribution >= 0.6 is 0 Å². The molecule has 1 N–H and O–H groups in total. The zero-order chi connectivity index (χ0) is 10.2. The van der Waals surface area contributed by atoms with Gasteiger partial charge in [-0.1, -0.05) is 0 Å². The molecule has 78 valence electrons. The average molecular weight is 196 g/mol. The first-order valence-corrected chi connectivity index (χ1v) is 4.92. The van der Waals surface area contributed by atoms with Crippen LogP contribution in [0.4, 0.5) is 0 Å². The second kappa shape index (κ2) is 3.11. The van der Waals surface area contributed by atoms with Gasteiger partial charge in [0.25, 0.3) is 0 Å². The second-order valence-electron chi connectivity index (χ2n) is 4.54. The maximum Gasteiger partial charge on any atom is 0.135 e. The lowest BCUT2D eigenvalue weighted by Gasteiger charge is -2.40. The van der Waals surface area contributed by atoms with Crippen LogP contribution in [-0.4, -0.2) is 17.3 Å². The molecule has 0 aliphatic carbocycles. The van der Waals surface area contributed by atoms with Gasteiger partial charge in [-0.15, -0.1) is 0 Å². The molecular weight excluding hydrogens is 180 g/mol. The van der Waals surface area contributed by atoms with Gasteiger partial charge in [0.2, 0.25) is 0 Å². The van der Waals surface area contributed by atoms with E-state index in [4.69, 9.17) is 9.15 Å². The van der Waals surface area contributed by atoms with E-state index in [9.17, 15) is 5.11 Å². The highest BCUT2D eigenvalue weighted by Gasteiger charge is 2.42. The molecule has 1 saturated heterocycles. The Morgan fingerprint density at radius 2 is 2.21 bits per heavy atom. The van der Waals surface area contributed by atoms with Crippen LogP contribution in [0.1, 0.15) is 32.4 Å². The zero-order valence-electron chi connectivity index (χ0n) is 8.62. The van der Waals surface area contributed by atoms with Crippen LogP contribution < -0.4 is 0 Å². The minimum absolute atomic E-state index is 0.278. The number of rotatable bonds is 1. The van der Waals surface area contributed by atoms with Gasteiger partial charge in [0.1, 0.15) is 11.4 Å². The summed E-state index contributed by atoms with van der Waals surface area (Å²) in [5, 5.41) is 10.4. The largest absolute Gasteiger partial charge is 0.466 e. The molecule has 0 amide bonds. The summed E-state index contributed by atoms with van der Waals surface area (Å²) >= 11 is 0. The fourth-order valence-corrected chi connectivity index (χ4v) is 2.09. The molecule has 1 aromatic rings. The quantitative estimate of drug-likeness (QED) is 0.747. The zero-order valence-corrected chi connectivity index (χ0v) is 8.62. The third-order valence-corrected chi connectivity index (χ3v) is 2.71. The Morgan fingerprint density at radius 1 is 1.43 bits per heavy atom. The first kappa shape index (κ1) is 9.74. The molecular formula is C11H16O3. The topological polar surface area (TPSA) is 42.6 Å². The number of hydrogen-bond donors (Lipinski definition) is 1. The Labute approximate surface area is 83.7 Å². The summed E-state index contributed by atoms with van der Waals surface area (Å²) in [6.45, 7) is 4.55.